The first-order chi connectivity index (χ1) is 8.33. The van der Waals surface area contributed by atoms with Crippen molar-refractivity contribution in [3.63, 3.8) is 0 Å². The molecule has 0 aliphatic heterocycles. The Bertz CT molecular complexity index is 388. The fraction of sp³-hybridized carbons (Fsp3) is 0.538. The number of hydrogen-bond donors (Lipinski definition) is 1. The number of nitrogens with zero attached hydrogens (tertiary/aromatic N) is 2. The lowest BCUT2D eigenvalue weighted by molar-refractivity contribution is 0.299. The van der Waals surface area contributed by atoms with Crippen LogP contribution in [-0.4, -0.2) is 23.6 Å². The van der Waals surface area contributed by atoms with Gasteiger partial charge in [0.1, 0.15) is 11.6 Å². The van der Waals surface area contributed by atoms with Crippen LogP contribution in [0.1, 0.15) is 37.4 Å². The zero-order chi connectivity index (χ0) is 12.1. The second kappa shape index (κ2) is 5.66. The Kier molecular flexibility index (Phi) is 3.96. The fourth-order valence-electron chi connectivity index (χ4n) is 1.57. The molecule has 1 aromatic rings. The van der Waals surface area contributed by atoms with E-state index in [1.807, 2.05) is 19.2 Å². The average Bonchev–Trinajstić information content (AvgIpc) is 3.18. The molecule has 17 heavy (non-hydrogen) atoms. The summed E-state index contributed by atoms with van der Waals surface area (Å²) in [5.74, 6) is 2.96. The largest absolute Gasteiger partial charge is 0.478 e. The van der Waals surface area contributed by atoms with Gasteiger partial charge in [-0.1, -0.05) is 6.08 Å². The topological polar surface area (TPSA) is 47.0 Å². The molecule has 4 nitrogen and oxygen atoms in total. The molecule has 0 spiro atoms. The Hall–Kier alpha value is -1.58. The minimum absolute atomic E-state index is 0.541. The first kappa shape index (κ1) is 11.9. The number of allylic oxidation sites excluding steroid dienone is 1. The van der Waals surface area contributed by atoms with E-state index in [0.717, 1.165) is 24.5 Å². The summed E-state index contributed by atoms with van der Waals surface area (Å²) in [6.07, 6.45) is 6.24. The Morgan fingerprint density at radius 1 is 1.53 bits per heavy atom. The third kappa shape index (κ3) is 3.44. The Morgan fingerprint density at radius 2 is 2.35 bits per heavy atom. The van der Waals surface area contributed by atoms with Crippen LogP contribution in [0.3, 0.4) is 0 Å². The standard InChI is InChI=1S/C13H19N3O/c1-3-4-5-8-17-12-9-11(14-2)15-13(16-12)10-6-7-10/h3,9-10H,1,4-8H2,2H3,(H,14,15,16). The molecule has 0 saturated heterocycles. The third-order valence-electron chi connectivity index (χ3n) is 2.72. The molecule has 0 amide bonds. The highest BCUT2D eigenvalue weighted by Crippen LogP contribution is 2.39. The molecule has 92 valence electrons. The highest BCUT2D eigenvalue weighted by molar-refractivity contribution is 5.38. The van der Waals surface area contributed by atoms with E-state index in [2.05, 4.69) is 21.9 Å². The van der Waals surface area contributed by atoms with Crippen LogP contribution in [0.15, 0.2) is 18.7 Å². The number of nitrogens with one attached hydrogen (secondary N) is 1. The van der Waals surface area contributed by atoms with Gasteiger partial charge in [0.05, 0.1) is 6.61 Å². The lowest BCUT2D eigenvalue weighted by atomic mass is 10.3. The molecule has 0 aromatic carbocycles. The van der Waals surface area contributed by atoms with Crippen molar-refractivity contribution in [2.24, 2.45) is 0 Å². The summed E-state index contributed by atoms with van der Waals surface area (Å²) in [4.78, 5) is 8.88. The normalized spacial score (nSPS) is 14.4. The van der Waals surface area contributed by atoms with Crippen LogP contribution in [0.25, 0.3) is 0 Å². The van der Waals surface area contributed by atoms with Crippen molar-refractivity contribution in [3.05, 3.63) is 24.5 Å². The van der Waals surface area contributed by atoms with E-state index in [-0.39, 0.29) is 0 Å². The van der Waals surface area contributed by atoms with Crippen LogP contribution in [-0.2, 0) is 0 Å². The first-order valence-electron chi connectivity index (χ1n) is 6.14. The summed E-state index contributed by atoms with van der Waals surface area (Å²) in [6, 6.07) is 1.85. The monoisotopic (exact) mass is 233 g/mol. The van der Waals surface area contributed by atoms with Gasteiger partial charge in [0.2, 0.25) is 5.88 Å². The Morgan fingerprint density at radius 3 is 3.00 bits per heavy atom. The summed E-state index contributed by atoms with van der Waals surface area (Å²) in [5.41, 5.74) is 0. The number of ether oxygens (including phenoxy) is 1. The lowest BCUT2D eigenvalue weighted by Gasteiger charge is -2.08. The second-order valence-corrected chi connectivity index (χ2v) is 4.25. The molecule has 1 aliphatic carbocycles. The predicted octanol–water partition coefficient (Wildman–Crippen LogP) is 2.74. The van der Waals surface area contributed by atoms with Crippen LogP contribution in [0.4, 0.5) is 5.82 Å². The van der Waals surface area contributed by atoms with Gasteiger partial charge < -0.3 is 10.1 Å². The molecule has 0 unspecified atom stereocenters. The molecular formula is C13H19N3O. The van der Waals surface area contributed by atoms with Gasteiger partial charge in [0, 0.05) is 19.0 Å². The summed E-state index contributed by atoms with van der Waals surface area (Å²) in [6.45, 7) is 4.36. The highest BCUT2D eigenvalue weighted by Gasteiger charge is 2.27. The van der Waals surface area contributed by atoms with Gasteiger partial charge in [-0.3, -0.25) is 0 Å². The Labute approximate surface area is 102 Å². The predicted molar refractivity (Wildman–Crippen MR) is 68.5 cm³/mol. The van der Waals surface area contributed by atoms with Gasteiger partial charge in [0.25, 0.3) is 0 Å². The summed E-state index contributed by atoms with van der Waals surface area (Å²) in [5, 5.41) is 3.04. The number of rotatable bonds is 7. The van der Waals surface area contributed by atoms with Crippen molar-refractivity contribution in [2.45, 2.75) is 31.6 Å². The van der Waals surface area contributed by atoms with E-state index in [9.17, 15) is 0 Å². The van der Waals surface area contributed by atoms with Crippen LogP contribution >= 0.6 is 0 Å². The molecule has 1 N–H and O–H groups in total. The van der Waals surface area contributed by atoms with Gasteiger partial charge in [-0.15, -0.1) is 6.58 Å². The van der Waals surface area contributed by atoms with Crippen molar-refractivity contribution in [3.8, 4) is 5.88 Å². The maximum absolute atomic E-state index is 5.63. The summed E-state index contributed by atoms with van der Waals surface area (Å²) in [7, 11) is 1.86. The molecular weight excluding hydrogens is 214 g/mol. The summed E-state index contributed by atoms with van der Waals surface area (Å²) < 4.78 is 5.63. The number of hydrogen-bond acceptors (Lipinski definition) is 4. The Balaban J connectivity index is 1.99. The molecule has 0 atom stereocenters. The molecule has 0 bridgehead atoms. The molecule has 2 rings (SSSR count). The van der Waals surface area contributed by atoms with Crippen LogP contribution < -0.4 is 10.1 Å². The van der Waals surface area contributed by atoms with Crippen molar-refractivity contribution in [1.29, 1.82) is 0 Å². The molecule has 1 aliphatic rings. The van der Waals surface area contributed by atoms with Crippen molar-refractivity contribution >= 4 is 5.82 Å². The zero-order valence-electron chi connectivity index (χ0n) is 10.3. The van der Waals surface area contributed by atoms with Gasteiger partial charge in [-0.2, -0.15) is 4.98 Å². The SMILES string of the molecule is C=CCCCOc1cc(NC)nc(C2CC2)n1. The average molecular weight is 233 g/mol. The van der Waals surface area contributed by atoms with Gasteiger partial charge in [-0.05, 0) is 25.7 Å². The molecule has 1 aromatic heterocycles. The molecule has 4 heteroatoms. The second-order valence-electron chi connectivity index (χ2n) is 4.25. The smallest absolute Gasteiger partial charge is 0.218 e. The van der Waals surface area contributed by atoms with Gasteiger partial charge >= 0.3 is 0 Å². The number of aromatic nitrogens is 2. The van der Waals surface area contributed by atoms with Crippen molar-refractivity contribution in [2.75, 3.05) is 19.0 Å². The first-order valence-corrected chi connectivity index (χ1v) is 6.14. The minimum atomic E-state index is 0.541. The van der Waals surface area contributed by atoms with Crippen LogP contribution in [0.5, 0.6) is 5.88 Å². The quantitative estimate of drug-likeness (QED) is 0.581. The molecule has 1 heterocycles. The van der Waals surface area contributed by atoms with E-state index in [0.29, 0.717) is 18.4 Å². The van der Waals surface area contributed by atoms with Crippen LogP contribution in [0, 0.1) is 0 Å². The zero-order valence-corrected chi connectivity index (χ0v) is 10.3. The number of anilines is 1. The maximum Gasteiger partial charge on any atom is 0.218 e. The lowest BCUT2D eigenvalue weighted by Crippen LogP contribution is -2.04. The van der Waals surface area contributed by atoms with Crippen molar-refractivity contribution < 1.29 is 4.74 Å². The van der Waals surface area contributed by atoms with E-state index < -0.39 is 0 Å². The third-order valence-corrected chi connectivity index (χ3v) is 2.72. The fourth-order valence-corrected chi connectivity index (χ4v) is 1.57. The molecule has 0 radical (unpaired) electrons. The minimum Gasteiger partial charge on any atom is -0.478 e. The van der Waals surface area contributed by atoms with Crippen molar-refractivity contribution in [1.82, 2.24) is 9.97 Å². The molecule has 1 fully saturated rings. The number of unbranched alkanes of at least 4 members (excludes halogenated alkanes) is 1. The van der Waals surface area contributed by atoms with E-state index in [1.165, 1.54) is 12.8 Å². The van der Waals surface area contributed by atoms with Crippen LogP contribution in [0.2, 0.25) is 0 Å². The summed E-state index contributed by atoms with van der Waals surface area (Å²) >= 11 is 0. The van der Waals surface area contributed by atoms with E-state index in [4.69, 9.17) is 4.74 Å². The molecule has 1 saturated carbocycles. The van der Waals surface area contributed by atoms with Gasteiger partial charge in [-0.25, -0.2) is 4.98 Å². The van der Waals surface area contributed by atoms with E-state index >= 15 is 0 Å². The maximum atomic E-state index is 5.63. The van der Waals surface area contributed by atoms with E-state index in [1.54, 1.807) is 0 Å². The van der Waals surface area contributed by atoms with Gasteiger partial charge in [0.15, 0.2) is 0 Å². The highest BCUT2D eigenvalue weighted by atomic mass is 16.5.